The van der Waals surface area contributed by atoms with E-state index in [-0.39, 0.29) is 12.5 Å². The zero-order chi connectivity index (χ0) is 21.0. The molecule has 0 aliphatic rings. The number of hydrazine groups is 1. The average molecular weight is 414 g/mol. The van der Waals surface area contributed by atoms with E-state index in [1.165, 1.54) is 18.4 Å². The van der Waals surface area contributed by atoms with Gasteiger partial charge in [-0.1, -0.05) is 19.1 Å². The highest BCUT2D eigenvalue weighted by Gasteiger charge is 2.21. The molecule has 2 aromatic heterocycles. The summed E-state index contributed by atoms with van der Waals surface area (Å²) in [6.45, 7) is 4.07. The van der Waals surface area contributed by atoms with Crippen molar-refractivity contribution < 1.29 is 19.1 Å². The largest absolute Gasteiger partial charge is 0.480 e. The number of benzene rings is 1. The molecule has 3 aromatic rings. The molecule has 0 unspecified atom stereocenters. The van der Waals surface area contributed by atoms with Crippen LogP contribution in [-0.2, 0) is 17.8 Å². The number of carbonyl (C=O) groups is 2. The molecule has 8 nitrogen and oxygen atoms in total. The standard InChI is InChI=1S/C20H22N4O4S/c1-5-12-6-8-13(9-7-12)17(25)23-24-18(26)16-11(2)15-19(28-4)21-14(10-27-3)22-20(15)29-16/h6-9H,5,10H2,1-4H3,(H,23,25)(H,24,26). The van der Waals surface area contributed by atoms with Gasteiger partial charge in [-0.2, -0.15) is 4.98 Å². The van der Waals surface area contributed by atoms with Crippen molar-refractivity contribution in [2.75, 3.05) is 14.2 Å². The van der Waals surface area contributed by atoms with Gasteiger partial charge in [0.25, 0.3) is 11.8 Å². The van der Waals surface area contributed by atoms with Crippen LogP contribution in [-0.4, -0.2) is 36.0 Å². The van der Waals surface area contributed by atoms with Gasteiger partial charge >= 0.3 is 0 Å². The maximum atomic E-state index is 12.7. The molecule has 0 bridgehead atoms. The molecule has 0 saturated carbocycles. The highest BCUT2D eigenvalue weighted by atomic mass is 32.1. The molecule has 0 aliphatic carbocycles. The van der Waals surface area contributed by atoms with E-state index in [1.54, 1.807) is 26.2 Å². The SMILES string of the molecule is CCc1ccc(C(=O)NNC(=O)c2sc3nc(COC)nc(OC)c3c2C)cc1. The van der Waals surface area contributed by atoms with E-state index in [2.05, 4.69) is 20.8 Å². The van der Waals surface area contributed by atoms with Gasteiger partial charge in [0.05, 0.1) is 17.4 Å². The summed E-state index contributed by atoms with van der Waals surface area (Å²) in [5, 5.41) is 0.670. The second kappa shape index (κ2) is 8.97. The van der Waals surface area contributed by atoms with E-state index in [1.807, 2.05) is 19.1 Å². The lowest BCUT2D eigenvalue weighted by Crippen LogP contribution is -2.41. The van der Waals surface area contributed by atoms with Gasteiger partial charge in [0.2, 0.25) is 5.88 Å². The van der Waals surface area contributed by atoms with E-state index in [0.29, 0.717) is 37.9 Å². The van der Waals surface area contributed by atoms with E-state index in [9.17, 15) is 9.59 Å². The summed E-state index contributed by atoms with van der Waals surface area (Å²) in [6.07, 6.45) is 0.891. The summed E-state index contributed by atoms with van der Waals surface area (Å²) in [6, 6.07) is 7.22. The molecule has 2 N–H and O–H groups in total. The molecule has 0 radical (unpaired) electrons. The van der Waals surface area contributed by atoms with Crippen molar-refractivity contribution in [2.45, 2.75) is 26.9 Å². The van der Waals surface area contributed by atoms with Gasteiger partial charge in [0.15, 0.2) is 5.82 Å². The Bertz CT molecular complexity index is 1050. The van der Waals surface area contributed by atoms with Crippen LogP contribution in [0.2, 0.25) is 0 Å². The second-order valence-electron chi connectivity index (χ2n) is 6.28. The summed E-state index contributed by atoms with van der Waals surface area (Å²) in [4.78, 5) is 34.7. The van der Waals surface area contributed by atoms with Crippen LogP contribution in [0.1, 0.15) is 43.9 Å². The Kier molecular flexibility index (Phi) is 6.40. The second-order valence-corrected chi connectivity index (χ2v) is 7.28. The highest BCUT2D eigenvalue weighted by molar-refractivity contribution is 7.20. The Morgan fingerprint density at radius 1 is 1.07 bits per heavy atom. The molecule has 0 fully saturated rings. The van der Waals surface area contributed by atoms with Gasteiger partial charge in [-0.3, -0.25) is 20.4 Å². The molecule has 2 amide bonds. The summed E-state index contributed by atoms with van der Waals surface area (Å²) in [5.74, 6) is 0.0303. The molecule has 0 aliphatic heterocycles. The lowest BCUT2D eigenvalue weighted by Gasteiger charge is -2.07. The van der Waals surface area contributed by atoms with Crippen LogP contribution in [0.15, 0.2) is 24.3 Å². The number of hydrogen-bond acceptors (Lipinski definition) is 7. The van der Waals surface area contributed by atoms with Gasteiger partial charge in [-0.15, -0.1) is 11.3 Å². The van der Waals surface area contributed by atoms with Crippen LogP contribution in [0.5, 0.6) is 5.88 Å². The number of hydrogen-bond donors (Lipinski definition) is 2. The lowest BCUT2D eigenvalue weighted by molar-refractivity contribution is 0.0848. The number of ether oxygens (including phenoxy) is 2. The summed E-state index contributed by atoms with van der Waals surface area (Å²) >= 11 is 1.20. The Morgan fingerprint density at radius 3 is 2.38 bits per heavy atom. The molecule has 152 valence electrons. The Hall–Kier alpha value is -3.04. The monoisotopic (exact) mass is 414 g/mol. The highest BCUT2D eigenvalue weighted by Crippen LogP contribution is 2.34. The van der Waals surface area contributed by atoms with Crippen LogP contribution < -0.4 is 15.6 Å². The number of amides is 2. The number of rotatable bonds is 6. The van der Waals surface area contributed by atoms with Crippen LogP contribution in [0, 0.1) is 6.92 Å². The third-order valence-electron chi connectivity index (χ3n) is 4.39. The van der Waals surface area contributed by atoms with Crippen molar-refractivity contribution in [1.82, 2.24) is 20.8 Å². The average Bonchev–Trinajstić information content (AvgIpc) is 3.08. The quantitative estimate of drug-likeness (QED) is 0.602. The molecule has 0 saturated heterocycles. The number of nitrogens with zero attached hydrogens (tertiary/aromatic N) is 2. The maximum Gasteiger partial charge on any atom is 0.280 e. The molecule has 9 heteroatoms. The van der Waals surface area contributed by atoms with Crippen molar-refractivity contribution in [2.24, 2.45) is 0 Å². The fourth-order valence-electron chi connectivity index (χ4n) is 2.84. The van der Waals surface area contributed by atoms with E-state index in [4.69, 9.17) is 9.47 Å². The van der Waals surface area contributed by atoms with Gasteiger partial charge in [0.1, 0.15) is 11.4 Å². The van der Waals surface area contributed by atoms with Gasteiger partial charge in [-0.05, 0) is 36.6 Å². The minimum Gasteiger partial charge on any atom is -0.480 e. The topological polar surface area (TPSA) is 102 Å². The Balaban J connectivity index is 1.79. The lowest BCUT2D eigenvalue weighted by atomic mass is 10.1. The molecule has 2 heterocycles. The number of fused-ring (bicyclic) bond motifs is 1. The fraction of sp³-hybridized carbons (Fsp3) is 0.300. The van der Waals surface area contributed by atoms with Gasteiger partial charge in [-0.25, -0.2) is 4.98 Å². The Morgan fingerprint density at radius 2 is 1.76 bits per heavy atom. The van der Waals surface area contributed by atoms with E-state index >= 15 is 0 Å². The zero-order valence-electron chi connectivity index (χ0n) is 16.7. The van der Waals surface area contributed by atoms with Crippen LogP contribution in [0.25, 0.3) is 10.2 Å². The molecule has 1 aromatic carbocycles. The van der Waals surface area contributed by atoms with Crippen molar-refractivity contribution in [3.05, 3.63) is 51.7 Å². The first-order valence-corrected chi connectivity index (χ1v) is 9.82. The zero-order valence-corrected chi connectivity index (χ0v) is 17.5. The minimum absolute atomic E-state index is 0.234. The number of aromatic nitrogens is 2. The van der Waals surface area contributed by atoms with Crippen molar-refractivity contribution in [1.29, 1.82) is 0 Å². The number of thiophene rings is 1. The third kappa shape index (κ3) is 4.36. The van der Waals surface area contributed by atoms with Gasteiger partial charge in [0, 0.05) is 12.7 Å². The maximum absolute atomic E-state index is 12.7. The van der Waals surface area contributed by atoms with Gasteiger partial charge < -0.3 is 9.47 Å². The Labute approximate surface area is 172 Å². The molecule has 0 atom stereocenters. The minimum atomic E-state index is -0.431. The van der Waals surface area contributed by atoms with Crippen LogP contribution in [0.4, 0.5) is 0 Å². The summed E-state index contributed by atoms with van der Waals surface area (Å²) < 4.78 is 10.4. The molecular formula is C20H22N4O4S. The molecule has 29 heavy (non-hydrogen) atoms. The predicted octanol–water partition coefficient (Wildman–Crippen LogP) is 2.79. The summed E-state index contributed by atoms with van der Waals surface area (Å²) in [7, 11) is 3.07. The van der Waals surface area contributed by atoms with Crippen molar-refractivity contribution in [3.63, 3.8) is 0 Å². The predicted molar refractivity (Wildman–Crippen MR) is 110 cm³/mol. The normalized spacial score (nSPS) is 10.8. The molecule has 0 spiro atoms. The van der Waals surface area contributed by atoms with Crippen molar-refractivity contribution in [3.8, 4) is 5.88 Å². The fourth-order valence-corrected chi connectivity index (χ4v) is 3.92. The first-order chi connectivity index (χ1) is 14.0. The first kappa shape index (κ1) is 20.7. The molecule has 3 rings (SSSR count). The smallest absolute Gasteiger partial charge is 0.280 e. The first-order valence-electron chi connectivity index (χ1n) is 9.01. The molecular weight excluding hydrogens is 392 g/mol. The third-order valence-corrected chi connectivity index (χ3v) is 5.57. The van der Waals surface area contributed by atoms with E-state index in [0.717, 1.165) is 12.0 Å². The van der Waals surface area contributed by atoms with Crippen molar-refractivity contribution >= 4 is 33.4 Å². The number of nitrogens with one attached hydrogen (secondary N) is 2. The summed E-state index contributed by atoms with van der Waals surface area (Å²) in [5.41, 5.74) is 7.19. The number of methoxy groups -OCH3 is 2. The van der Waals surface area contributed by atoms with E-state index < -0.39 is 5.91 Å². The van der Waals surface area contributed by atoms with Crippen LogP contribution in [0.3, 0.4) is 0 Å². The number of aryl methyl sites for hydroxylation is 2. The number of carbonyl (C=O) groups excluding carboxylic acids is 2. The van der Waals surface area contributed by atoms with Crippen LogP contribution >= 0.6 is 11.3 Å².